The summed E-state index contributed by atoms with van der Waals surface area (Å²) < 4.78 is 0. The Kier molecular flexibility index (Phi) is 4.28. The van der Waals surface area contributed by atoms with Crippen molar-refractivity contribution in [3.8, 4) is 0 Å². The van der Waals surface area contributed by atoms with Crippen molar-refractivity contribution >= 4 is 17.1 Å². The second-order valence-corrected chi connectivity index (χ2v) is 6.14. The molecule has 0 atom stereocenters. The van der Waals surface area contributed by atoms with Crippen LogP contribution in [0.4, 0.5) is 0 Å². The summed E-state index contributed by atoms with van der Waals surface area (Å²) in [5.74, 6) is 0.224. The second-order valence-electron chi connectivity index (χ2n) is 4.86. The van der Waals surface area contributed by atoms with Gasteiger partial charge in [0.2, 0.25) is 0 Å². The average Bonchev–Trinajstić information content (AvgIpc) is 2.64. The molecule has 1 heterocycles. The van der Waals surface area contributed by atoms with Gasteiger partial charge in [0.25, 0.3) is 0 Å². The lowest BCUT2D eigenvalue weighted by Gasteiger charge is -2.34. The Morgan fingerprint density at radius 2 is 2.06 bits per heavy atom. The van der Waals surface area contributed by atoms with E-state index in [0.717, 1.165) is 11.3 Å². The van der Waals surface area contributed by atoms with Crippen LogP contribution in [0.1, 0.15) is 41.7 Å². The molecule has 0 amide bonds. The van der Waals surface area contributed by atoms with Crippen LogP contribution in [0, 0.1) is 6.92 Å². The van der Waals surface area contributed by atoms with Crippen LogP contribution in [0.3, 0.4) is 0 Å². The Morgan fingerprint density at radius 3 is 2.50 bits per heavy atom. The van der Waals surface area contributed by atoms with Crippen LogP contribution in [0.2, 0.25) is 0 Å². The van der Waals surface area contributed by atoms with Crippen molar-refractivity contribution in [2.75, 3.05) is 13.6 Å². The van der Waals surface area contributed by atoms with Gasteiger partial charge in [-0.05, 0) is 46.4 Å². The van der Waals surface area contributed by atoms with Gasteiger partial charge in [-0.1, -0.05) is 6.92 Å². The third-order valence-electron chi connectivity index (χ3n) is 3.29. The Morgan fingerprint density at radius 1 is 1.44 bits per heavy atom. The molecule has 16 heavy (non-hydrogen) atoms. The molecule has 3 heteroatoms. The van der Waals surface area contributed by atoms with Crippen LogP contribution in [0.15, 0.2) is 12.1 Å². The first-order valence-electron chi connectivity index (χ1n) is 5.67. The lowest BCUT2D eigenvalue weighted by molar-refractivity contribution is 0.0851. The number of thiophene rings is 1. The maximum atomic E-state index is 12.0. The quantitative estimate of drug-likeness (QED) is 0.734. The highest BCUT2D eigenvalue weighted by atomic mass is 32.1. The molecule has 2 nitrogen and oxygen atoms in total. The fraction of sp³-hybridized carbons (Fsp3) is 0.615. The third kappa shape index (κ3) is 3.16. The molecule has 1 aromatic heterocycles. The minimum atomic E-state index is 0.0853. The molecule has 0 aliphatic heterocycles. The van der Waals surface area contributed by atoms with Crippen LogP contribution in [-0.2, 0) is 0 Å². The molecule has 0 aliphatic carbocycles. The van der Waals surface area contributed by atoms with Crippen LogP contribution in [0.25, 0.3) is 0 Å². The van der Waals surface area contributed by atoms with E-state index >= 15 is 0 Å². The minimum absolute atomic E-state index is 0.0853. The zero-order chi connectivity index (χ0) is 12.3. The Bertz CT molecular complexity index is 368. The molecular formula is C13H21NOS. The maximum Gasteiger partial charge on any atom is 0.186 e. The molecule has 0 saturated carbocycles. The first-order chi connectivity index (χ1) is 7.36. The average molecular weight is 239 g/mol. The number of hydrogen-bond acceptors (Lipinski definition) is 3. The molecule has 0 bridgehead atoms. The molecule has 0 aromatic carbocycles. The van der Waals surface area contributed by atoms with E-state index in [2.05, 4.69) is 25.7 Å². The highest BCUT2D eigenvalue weighted by Crippen LogP contribution is 2.19. The molecule has 0 aliphatic rings. The summed E-state index contributed by atoms with van der Waals surface area (Å²) >= 11 is 1.58. The minimum Gasteiger partial charge on any atom is -0.294 e. The monoisotopic (exact) mass is 239 g/mol. The van der Waals surface area contributed by atoms with E-state index in [1.54, 1.807) is 11.3 Å². The van der Waals surface area contributed by atoms with Crippen molar-refractivity contribution in [3.05, 3.63) is 21.9 Å². The predicted molar refractivity (Wildman–Crippen MR) is 70.4 cm³/mol. The molecule has 0 radical (unpaired) electrons. The van der Waals surface area contributed by atoms with Crippen molar-refractivity contribution in [1.29, 1.82) is 0 Å². The summed E-state index contributed by atoms with van der Waals surface area (Å²) in [7, 11) is 2.02. The standard InChI is InChI=1S/C13H21NOS/c1-6-13(3,4)14(5)9-11(15)12-8-7-10(2)16-12/h7-8H,6,9H2,1-5H3. The van der Waals surface area contributed by atoms with Crippen molar-refractivity contribution in [2.24, 2.45) is 0 Å². The van der Waals surface area contributed by atoms with E-state index < -0.39 is 0 Å². The van der Waals surface area contributed by atoms with E-state index in [0.29, 0.717) is 6.54 Å². The lowest BCUT2D eigenvalue weighted by Crippen LogP contribution is -2.43. The highest BCUT2D eigenvalue weighted by molar-refractivity contribution is 7.14. The number of ketones is 1. The first kappa shape index (κ1) is 13.4. The zero-order valence-corrected chi connectivity index (χ0v) is 11.6. The number of Topliss-reactive ketones (excluding diaryl/α,β-unsaturated/α-hetero) is 1. The summed E-state index contributed by atoms with van der Waals surface area (Å²) in [6, 6.07) is 3.93. The summed E-state index contributed by atoms with van der Waals surface area (Å²) in [6.07, 6.45) is 1.04. The summed E-state index contributed by atoms with van der Waals surface area (Å²) in [6.45, 7) is 9.01. The van der Waals surface area contributed by atoms with E-state index in [-0.39, 0.29) is 11.3 Å². The van der Waals surface area contributed by atoms with Gasteiger partial charge in [-0.15, -0.1) is 11.3 Å². The fourth-order valence-corrected chi connectivity index (χ4v) is 2.16. The summed E-state index contributed by atoms with van der Waals surface area (Å²) in [5, 5.41) is 0. The maximum absolute atomic E-state index is 12.0. The van der Waals surface area contributed by atoms with Crippen molar-refractivity contribution in [1.82, 2.24) is 4.90 Å². The number of nitrogens with zero attached hydrogens (tertiary/aromatic N) is 1. The van der Waals surface area contributed by atoms with Crippen molar-refractivity contribution in [3.63, 3.8) is 0 Å². The topological polar surface area (TPSA) is 20.3 Å². The Hall–Kier alpha value is -0.670. The molecule has 1 aromatic rings. The Balaban J connectivity index is 2.65. The number of carbonyl (C=O) groups is 1. The van der Waals surface area contributed by atoms with Gasteiger partial charge in [-0.25, -0.2) is 0 Å². The van der Waals surface area contributed by atoms with E-state index in [9.17, 15) is 4.79 Å². The molecule has 90 valence electrons. The van der Waals surface area contributed by atoms with Crippen LogP contribution >= 0.6 is 11.3 Å². The third-order valence-corrected chi connectivity index (χ3v) is 4.34. The normalized spacial score (nSPS) is 12.1. The largest absolute Gasteiger partial charge is 0.294 e. The van der Waals surface area contributed by atoms with E-state index in [1.807, 2.05) is 26.1 Å². The van der Waals surface area contributed by atoms with Crippen LogP contribution in [0.5, 0.6) is 0 Å². The Labute approximate surface area is 102 Å². The fourth-order valence-electron chi connectivity index (χ4n) is 1.36. The summed E-state index contributed by atoms with van der Waals surface area (Å²) in [5.41, 5.74) is 0.0853. The van der Waals surface area contributed by atoms with Gasteiger partial charge in [0, 0.05) is 10.4 Å². The SMILES string of the molecule is CCC(C)(C)N(C)CC(=O)c1ccc(C)s1. The van der Waals surface area contributed by atoms with Gasteiger partial charge in [-0.3, -0.25) is 9.69 Å². The van der Waals surface area contributed by atoms with E-state index in [4.69, 9.17) is 0 Å². The van der Waals surface area contributed by atoms with Gasteiger partial charge in [-0.2, -0.15) is 0 Å². The second kappa shape index (κ2) is 5.11. The lowest BCUT2D eigenvalue weighted by atomic mass is 10.00. The van der Waals surface area contributed by atoms with Gasteiger partial charge in [0.1, 0.15) is 0 Å². The predicted octanol–water partition coefficient (Wildman–Crippen LogP) is 3.36. The van der Waals surface area contributed by atoms with Gasteiger partial charge in [0.05, 0.1) is 11.4 Å². The number of rotatable bonds is 5. The number of likely N-dealkylation sites (N-methyl/N-ethyl adjacent to an activating group) is 1. The smallest absolute Gasteiger partial charge is 0.186 e. The molecule has 0 N–H and O–H groups in total. The molecule has 0 unspecified atom stereocenters. The molecule has 0 spiro atoms. The molecular weight excluding hydrogens is 218 g/mol. The molecule has 1 rings (SSSR count). The van der Waals surface area contributed by atoms with Crippen molar-refractivity contribution < 1.29 is 4.79 Å². The van der Waals surface area contributed by atoms with Gasteiger partial charge >= 0.3 is 0 Å². The van der Waals surface area contributed by atoms with Crippen molar-refractivity contribution in [2.45, 2.75) is 39.7 Å². The van der Waals surface area contributed by atoms with Crippen LogP contribution < -0.4 is 0 Å². The first-order valence-corrected chi connectivity index (χ1v) is 6.49. The zero-order valence-electron chi connectivity index (χ0n) is 10.8. The summed E-state index contributed by atoms with van der Waals surface area (Å²) in [4.78, 5) is 16.2. The molecule has 0 fully saturated rings. The number of carbonyl (C=O) groups excluding carboxylic acids is 1. The van der Waals surface area contributed by atoms with Crippen LogP contribution in [-0.4, -0.2) is 29.8 Å². The van der Waals surface area contributed by atoms with Gasteiger partial charge < -0.3 is 0 Å². The highest BCUT2D eigenvalue weighted by Gasteiger charge is 2.23. The van der Waals surface area contributed by atoms with E-state index in [1.165, 1.54) is 4.88 Å². The number of aryl methyl sites for hydroxylation is 1. The number of hydrogen-bond donors (Lipinski definition) is 0. The van der Waals surface area contributed by atoms with Gasteiger partial charge in [0.15, 0.2) is 5.78 Å². The molecule has 0 saturated heterocycles.